The van der Waals surface area contributed by atoms with Crippen LogP contribution in [0, 0.1) is 17.3 Å². The summed E-state index contributed by atoms with van der Waals surface area (Å²) in [6.45, 7) is 7.97. The minimum atomic E-state index is -0.0281. The third-order valence-electron chi connectivity index (χ3n) is 6.13. The highest BCUT2D eigenvalue weighted by Crippen LogP contribution is 2.44. The Morgan fingerprint density at radius 2 is 2.00 bits per heavy atom. The van der Waals surface area contributed by atoms with Crippen molar-refractivity contribution in [3.05, 3.63) is 0 Å². The summed E-state index contributed by atoms with van der Waals surface area (Å²) in [5.74, 6) is 0.774. The van der Waals surface area contributed by atoms with E-state index in [1.807, 2.05) is 18.7 Å². The first kappa shape index (κ1) is 15.3. The van der Waals surface area contributed by atoms with Gasteiger partial charge < -0.3 is 10.0 Å². The summed E-state index contributed by atoms with van der Waals surface area (Å²) in [6.07, 6.45) is 6.47. The van der Waals surface area contributed by atoms with Gasteiger partial charge in [0.05, 0.1) is 6.61 Å². The molecular weight excluding hydrogens is 264 g/mol. The fraction of sp³-hybridized carbons (Fsp3) is 0.941. The van der Waals surface area contributed by atoms with Gasteiger partial charge in [0.1, 0.15) is 0 Å². The zero-order chi connectivity index (χ0) is 15.0. The SMILES string of the molecule is CC(C)C(=O)N1C[C@@H]2CN(C3CCCC3)CC[C@]2(CO)C1. The molecule has 0 radical (unpaired) electrons. The Morgan fingerprint density at radius 3 is 2.62 bits per heavy atom. The van der Waals surface area contributed by atoms with Crippen LogP contribution in [0.25, 0.3) is 0 Å². The van der Waals surface area contributed by atoms with Crippen molar-refractivity contribution < 1.29 is 9.90 Å². The van der Waals surface area contributed by atoms with Gasteiger partial charge in [0, 0.05) is 37.0 Å². The van der Waals surface area contributed by atoms with Crippen LogP contribution in [0.2, 0.25) is 0 Å². The molecule has 120 valence electrons. The molecule has 0 aromatic carbocycles. The van der Waals surface area contributed by atoms with Gasteiger partial charge >= 0.3 is 0 Å². The van der Waals surface area contributed by atoms with Crippen LogP contribution in [0.1, 0.15) is 46.0 Å². The highest BCUT2D eigenvalue weighted by Gasteiger charge is 2.51. The first-order valence-electron chi connectivity index (χ1n) is 8.69. The normalized spacial score (nSPS) is 34.7. The Balaban J connectivity index is 1.70. The second-order valence-electron chi connectivity index (χ2n) is 7.77. The van der Waals surface area contributed by atoms with E-state index >= 15 is 0 Å². The zero-order valence-corrected chi connectivity index (χ0v) is 13.6. The molecule has 2 saturated heterocycles. The van der Waals surface area contributed by atoms with Crippen LogP contribution in [0.3, 0.4) is 0 Å². The number of likely N-dealkylation sites (tertiary alicyclic amines) is 2. The maximum atomic E-state index is 12.3. The molecule has 3 aliphatic rings. The molecular formula is C17H30N2O2. The Bertz CT molecular complexity index is 392. The lowest BCUT2D eigenvalue weighted by atomic mass is 9.73. The summed E-state index contributed by atoms with van der Waals surface area (Å²) in [6, 6.07) is 0.761. The van der Waals surface area contributed by atoms with E-state index in [-0.39, 0.29) is 23.8 Å². The summed E-state index contributed by atoms with van der Waals surface area (Å²) >= 11 is 0. The molecule has 3 rings (SSSR count). The van der Waals surface area contributed by atoms with E-state index in [2.05, 4.69) is 4.90 Å². The molecule has 2 atom stereocenters. The largest absolute Gasteiger partial charge is 0.396 e. The molecule has 4 nitrogen and oxygen atoms in total. The summed E-state index contributed by atoms with van der Waals surface area (Å²) in [7, 11) is 0. The van der Waals surface area contributed by atoms with Gasteiger partial charge in [-0.15, -0.1) is 0 Å². The molecule has 1 amide bonds. The van der Waals surface area contributed by atoms with E-state index in [4.69, 9.17) is 0 Å². The first-order valence-corrected chi connectivity index (χ1v) is 8.69. The van der Waals surface area contributed by atoms with Crippen molar-refractivity contribution >= 4 is 5.91 Å². The lowest BCUT2D eigenvalue weighted by Gasteiger charge is -2.44. The molecule has 3 fully saturated rings. The van der Waals surface area contributed by atoms with Gasteiger partial charge in [0.2, 0.25) is 5.91 Å². The lowest BCUT2D eigenvalue weighted by molar-refractivity contribution is -0.133. The average molecular weight is 294 g/mol. The molecule has 1 saturated carbocycles. The fourth-order valence-electron chi connectivity index (χ4n) is 4.70. The van der Waals surface area contributed by atoms with Crippen LogP contribution >= 0.6 is 0 Å². The molecule has 2 heterocycles. The maximum absolute atomic E-state index is 12.3. The number of hydrogen-bond acceptors (Lipinski definition) is 3. The molecule has 0 unspecified atom stereocenters. The van der Waals surface area contributed by atoms with Crippen molar-refractivity contribution in [3.63, 3.8) is 0 Å². The number of aliphatic hydroxyl groups excluding tert-OH is 1. The van der Waals surface area contributed by atoms with Crippen LogP contribution in [-0.2, 0) is 4.79 Å². The molecule has 0 aromatic heterocycles. The van der Waals surface area contributed by atoms with Gasteiger partial charge in [0.15, 0.2) is 0 Å². The molecule has 1 aliphatic carbocycles. The van der Waals surface area contributed by atoms with E-state index in [0.29, 0.717) is 5.92 Å². The second kappa shape index (κ2) is 5.88. The van der Waals surface area contributed by atoms with Gasteiger partial charge in [-0.2, -0.15) is 0 Å². The van der Waals surface area contributed by atoms with E-state index in [9.17, 15) is 9.90 Å². The van der Waals surface area contributed by atoms with Crippen molar-refractivity contribution in [1.29, 1.82) is 0 Å². The summed E-state index contributed by atoms with van der Waals surface area (Å²) in [5, 5.41) is 9.99. The predicted octanol–water partition coefficient (Wildman–Crippen LogP) is 1.73. The van der Waals surface area contributed by atoms with Gasteiger partial charge in [-0.1, -0.05) is 26.7 Å². The monoisotopic (exact) mass is 294 g/mol. The molecule has 1 N–H and O–H groups in total. The minimum absolute atomic E-state index is 0.0281. The van der Waals surface area contributed by atoms with Crippen molar-refractivity contribution in [2.45, 2.75) is 52.0 Å². The van der Waals surface area contributed by atoms with Crippen molar-refractivity contribution in [3.8, 4) is 0 Å². The summed E-state index contributed by atoms with van der Waals surface area (Å²) in [4.78, 5) is 17.0. The number of hydrogen-bond donors (Lipinski definition) is 1. The van der Waals surface area contributed by atoms with Gasteiger partial charge in [-0.3, -0.25) is 9.69 Å². The van der Waals surface area contributed by atoms with Crippen LogP contribution in [0.4, 0.5) is 0 Å². The number of fused-ring (bicyclic) bond motifs is 1. The number of nitrogens with zero attached hydrogens (tertiary/aromatic N) is 2. The summed E-state index contributed by atoms with van der Waals surface area (Å²) in [5.41, 5.74) is -0.0281. The van der Waals surface area contributed by atoms with Crippen molar-refractivity contribution in [2.24, 2.45) is 17.3 Å². The zero-order valence-electron chi connectivity index (χ0n) is 13.6. The van der Waals surface area contributed by atoms with E-state index in [1.165, 1.54) is 25.7 Å². The standard InChI is InChI=1S/C17H30N2O2/c1-13(2)16(21)19-10-14-9-18(15-5-3-4-6-15)8-7-17(14,11-19)12-20/h13-15,20H,3-12H2,1-2H3/t14-,17+/m0/s1. The fourth-order valence-corrected chi connectivity index (χ4v) is 4.70. The lowest BCUT2D eigenvalue weighted by Crippen LogP contribution is -2.51. The second-order valence-corrected chi connectivity index (χ2v) is 7.77. The first-order chi connectivity index (χ1) is 10.1. The number of amides is 1. The quantitative estimate of drug-likeness (QED) is 0.862. The number of carbonyl (C=O) groups excluding carboxylic acids is 1. The highest BCUT2D eigenvalue weighted by molar-refractivity contribution is 5.78. The minimum Gasteiger partial charge on any atom is -0.396 e. The van der Waals surface area contributed by atoms with Crippen LogP contribution < -0.4 is 0 Å². The number of aliphatic hydroxyl groups is 1. The van der Waals surface area contributed by atoms with Crippen molar-refractivity contribution in [1.82, 2.24) is 9.80 Å². The van der Waals surface area contributed by atoms with E-state index < -0.39 is 0 Å². The number of rotatable bonds is 3. The molecule has 4 heteroatoms. The topological polar surface area (TPSA) is 43.8 Å². The van der Waals surface area contributed by atoms with E-state index in [0.717, 1.165) is 38.6 Å². The van der Waals surface area contributed by atoms with Gasteiger partial charge in [-0.25, -0.2) is 0 Å². The number of piperidine rings is 1. The van der Waals surface area contributed by atoms with Crippen LogP contribution in [-0.4, -0.2) is 59.6 Å². The number of carbonyl (C=O) groups is 1. The summed E-state index contributed by atoms with van der Waals surface area (Å²) < 4.78 is 0. The molecule has 0 bridgehead atoms. The van der Waals surface area contributed by atoms with Gasteiger partial charge in [0.25, 0.3) is 0 Å². The van der Waals surface area contributed by atoms with Crippen LogP contribution in [0.15, 0.2) is 0 Å². The molecule has 0 spiro atoms. The average Bonchev–Trinajstić information content (AvgIpc) is 3.13. The van der Waals surface area contributed by atoms with Crippen molar-refractivity contribution in [2.75, 3.05) is 32.8 Å². The highest BCUT2D eigenvalue weighted by atomic mass is 16.3. The predicted molar refractivity (Wildman–Crippen MR) is 82.9 cm³/mol. The Morgan fingerprint density at radius 1 is 1.29 bits per heavy atom. The maximum Gasteiger partial charge on any atom is 0.225 e. The smallest absolute Gasteiger partial charge is 0.225 e. The van der Waals surface area contributed by atoms with Gasteiger partial charge in [-0.05, 0) is 31.7 Å². The molecule has 0 aromatic rings. The third-order valence-corrected chi connectivity index (χ3v) is 6.13. The Labute approximate surface area is 128 Å². The molecule has 2 aliphatic heterocycles. The Hall–Kier alpha value is -0.610. The Kier molecular flexibility index (Phi) is 4.28. The van der Waals surface area contributed by atoms with E-state index in [1.54, 1.807) is 0 Å². The third kappa shape index (κ3) is 2.72. The molecule has 21 heavy (non-hydrogen) atoms. The van der Waals surface area contributed by atoms with Crippen LogP contribution in [0.5, 0.6) is 0 Å².